The van der Waals surface area contributed by atoms with Gasteiger partial charge in [0.15, 0.2) is 5.12 Å². The first-order chi connectivity index (χ1) is 8.56. The molecule has 1 atom stereocenters. The second kappa shape index (κ2) is 7.35. The summed E-state index contributed by atoms with van der Waals surface area (Å²) in [6.45, 7) is 1.54. The highest BCUT2D eigenvalue weighted by molar-refractivity contribution is 8.13. The van der Waals surface area contributed by atoms with Gasteiger partial charge in [0.2, 0.25) is 6.17 Å². The molecule has 0 aromatic heterocycles. The Balaban J connectivity index is 4.40. The van der Waals surface area contributed by atoms with Gasteiger partial charge in [0, 0.05) is 18.6 Å². The van der Waals surface area contributed by atoms with Crippen molar-refractivity contribution in [3.05, 3.63) is 0 Å². The fourth-order valence-corrected chi connectivity index (χ4v) is 1.83. The molecule has 114 valence electrons. The standard InChI is InChI=1S/C10H13F7OS/c1-2-6(18)19-5-3-4-9(14,15)10(16,17)7(11)8(12)13/h7-8H,2-5H2,1H3. The number of hydrogen-bond donors (Lipinski definition) is 0. The molecule has 0 saturated carbocycles. The van der Waals surface area contributed by atoms with E-state index in [0.717, 1.165) is 0 Å². The average Bonchev–Trinajstić information content (AvgIpc) is 2.32. The zero-order valence-corrected chi connectivity index (χ0v) is 10.8. The molecule has 0 amide bonds. The minimum absolute atomic E-state index is 0.149. The fourth-order valence-electron chi connectivity index (χ4n) is 1.11. The van der Waals surface area contributed by atoms with Crippen molar-refractivity contribution in [2.24, 2.45) is 0 Å². The SMILES string of the molecule is CCC(=O)SCCCC(F)(F)C(F)(F)C(F)C(F)F. The molecule has 0 saturated heterocycles. The molecule has 19 heavy (non-hydrogen) atoms. The number of carbonyl (C=O) groups is 1. The lowest BCUT2D eigenvalue weighted by molar-refractivity contribution is -0.259. The Morgan fingerprint density at radius 3 is 2.11 bits per heavy atom. The van der Waals surface area contributed by atoms with Gasteiger partial charge in [-0.2, -0.15) is 17.6 Å². The summed E-state index contributed by atoms with van der Waals surface area (Å²) in [5.74, 6) is -10.5. The van der Waals surface area contributed by atoms with Crippen LogP contribution in [-0.4, -0.2) is 35.3 Å². The van der Waals surface area contributed by atoms with Crippen molar-refractivity contribution >= 4 is 16.9 Å². The first-order valence-corrected chi connectivity index (χ1v) is 6.38. The monoisotopic (exact) mass is 314 g/mol. The van der Waals surface area contributed by atoms with Crippen molar-refractivity contribution in [2.75, 3.05) is 5.75 Å². The van der Waals surface area contributed by atoms with Crippen molar-refractivity contribution < 1.29 is 35.5 Å². The maximum absolute atomic E-state index is 13.0. The molecular weight excluding hydrogens is 301 g/mol. The van der Waals surface area contributed by atoms with Crippen LogP contribution in [-0.2, 0) is 4.79 Å². The van der Waals surface area contributed by atoms with Gasteiger partial charge in [-0.3, -0.25) is 4.79 Å². The molecule has 0 radical (unpaired) electrons. The molecule has 0 aliphatic rings. The minimum atomic E-state index is -5.43. The summed E-state index contributed by atoms with van der Waals surface area (Å²) in [4.78, 5) is 10.8. The first kappa shape index (κ1) is 18.5. The average molecular weight is 314 g/mol. The highest BCUT2D eigenvalue weighted by Gasteiger charge is 2.63. The van der Waals surface area contributed by atoms with Crippen LogP contribution < -0.4 is 0 Å². The van der Waals surface area contributed by atoms with Gasteiger partial charge in [0.25, 0.3) is 6.43 Å². The molecule has 0 aromatic carbocycles. The maximum atomic E-state index is 13.0. The van der Waals surface area contributed by atoms with Crippen LogP contribution in [0.5, 0.6) is 0 Å². The molecule has 0 aromatic rings. The summed E-state index contributed by atoms with van der Waals surface area (Å²) >= 11 is 0.683. The molecular formula is C10H13F7OS. The summed E-state index contributed by atoms with van der Waals surface area (Å²) in [6.07, 6.45) is -10.2. The zero-order chi connectivity index (χ0) is 15.3. The molecule has 9 heteroatoms. The molecule has 1 unspecified atom stereocenters. The van der Waals surface area contributed by atoms with Crippen LogP contribution in [0.4, 0.5) is 30.7 Å². The van der Waals surface area contributed by atoms with E-state index >= 15 is 0 Å². The predicted molar refractivity (Wildman–Crippen MR) is 57.8 cm³/mol. The van der Waals surface area contributed by atoms with E-state index in [4.69, 9.17) is 0 Å². The van der Waals surface area contributed by atoms with Gasteiger partial charge in [-0.1, -0.05) is 18.7 Å². The van der Waals surface area contributed by atoms with Crippen LogP contribution in [0.2, 0.25) is 0 Å². The molecule has 0 bridgehead atoms. The second-order valence-corrected chi connectivity index (χ2v) is 4.89. The lowest BCUT2D eigenvalue weighted by Gasteiger charge is -2.28. The van der Waals surface area contributed by atoms with Crippen molar-refractivity contribution in [3.63, 3.8) is 0 Å². The molecule has 0 fully saturated rings. The van der Waals surface area contributed by atoms with Gasteiger partial charge < -0.3 is 0 Å². The summed E-state index contributed by atoms with van der Waals surface area (Å²) in [7, 11) is 0. The lowest BCUT2D eigenvalue weighted by Crippen LogP contribution is -2.50. The third-order valence-corrected chi connectivity index (χ3v) is 3.35. The molecule has 0 rings (SSSR count). The minimum Gasteiger partial charge on any atom is -0.287 e. The van der Waals surface area contributed by atoms with Crippen LogP contribution >= 0.6 is 11.8 Å². The number of carbonyl (C=O) groups excluding carboxylic acids is 1. The van der Waals surface area contributed by atoms with Crippen LogP contribution in [0.3, 0.4) is 0 Å². The van der Waals surface area contributed by atoms with E-state index in [2.05, 4.69) is 0 Å². The van der Waals surface area contributed by atoms with E-state index in [1.807, 2.05) is 0 Å². The highest BCUT2D eigenvalue weighted by Crippen LogP contribution is 2.43. The topological polar surface area (TPSA) is 17.1 Å². The highest BCUT2D eigenvalue weighted by atomic mass is 32.2. The van der Waals surface area contributed by atoms with Gasteiger partial charge in [-0.15, -0.1) is 0 Å². The molecule has 0 spiro atoms. The Hall–Kier alpha value is -0.470. The Morgan fingerprint density at radius 1 is 1.16 bits per heavy atom. The quantitative estimate of drug-likeness (QED) is 0.490. The third kappa shape index (κ3) is 5.19. The van der Waals surface area contributed by atoms with Crippen LogP contribution in [0, 0.1) is 0 Å². The van der Waals surface area contributed by atoms with E-state index in [1.165, 1.54) is 6.92 Å². The summed E-state index contributed by atoms with van der Waals surface area (Å²) in [5.41, 5.74) is 0. The Bertz CT molecular complexity index is 296. The van der Waals surface area contributed by atoms with Crippen molar-refractivity contribution in [3.8, 4) is 0 Å². The van der Waals surface area contributed by atoms with Crippen LogP contribution in [0.1, 0.15) is 26.2 Å². The Kier molecular flexibility index (Phi) is 7.17. The third-order valence-electron chi connectivity index (χ3n) is 2.24. The predicted octanol–water partition coefficient (Wildman–Crippen LogP) is 4.31. The smallest absolute Gasteiger partial charge is 0.287 e. The summed E-state index contributed by atoms with van der Waals surface area (Å²) in [5, 5.41) is -0.300. The van der Waals surface area contributed by atoms with E-state index in [9.17, 15) is 35.5 Å². The molecule has 1 nitrogen and oxygen atoms in total. The zero-order valence-electron chi connectivity index (χ0n) is 9.95. The van der Waals surface area contributed by atoms with E-state index in [0.29, 0.717) is 11.8 Å². The van der Waals surface area contributed by atoms with Gasteiger partial charge in [-0.05, 0) is 6.42 Å². The number of rotatable bonds is 8. The number of alkyl halides is 7. The number of halogens is 7. The number of hydrogen-bond acceptors (Lipinski definition) is 2. The molecule has 0 N–H and O–H groups in total. The normalized spacial score (nSPS) is 14.8. The molecule has 0 heterocycles. The first-order valence-electron chi connectivity index (χ1n) is 5.39. The van der Waals surface area contributed by atoms with Gasteiger partial charge >= 0.3 is 11.8 Å². The summed E-state index contributed by atoms with van der Waals surface area (Å²) in [6, 6.07) is 0. The summed E-state index contributed by atoms with van der Waals surface area (Å²) < 4.78 is 87.6. The van der Waals surface area contributed by atoms with E-state index in [-0.39, 0.29) is 17.3 Å². The van der Waals surface area contributed by atoms with Gasteiger partial charge in [-0.25, -0.2) is 13.2 Å². The lowest BCUT2D eigenvalue weighted by atomic mass is 10.0. The van der Waals surface area contributed by atoms with Crippen molar-refractivity contribution in [1.29, 1.82) is 0 Å². The molecule has 0 aliphatic carbocycles. The Labute approximate surface area is 109 Å². The number of thioether (sulfide) groups is 1. The van der Waals surface area contributed by atoms with Crippen LogP contribution in [0.25, 0.3) is 0 Å². The fraction of sp³-hybridized carbons (Fsp3) is 0.900. The largest absolute Gasteiger partial charge is 0.346 e. The maximum Gasteiger partial charge on any atom is 0.346 e. The van der Waals surface area contributed by atoms with Crippen LogP contribution in [0.15, 0.2) is 0 Å². The van der Waals surface area contributed by atoms with E-state index < -0.39 is 37.3 Å². The van der Waals surface area contributed by atoms with E-state index in [1.54, 1.807) is 0 Å². The Morgan fingerprint density at radius 2 is 1.68 bits per heavy atom. The van der Waals surface area contributed by atoms with Gasteiger partial charge in [0.05, 0.1) is 0 Å². The van der Waals surface area contributed by atoms with Crippen molar-refractivity contribution in [2.45, 2.75) is 50.6 Å². The molecule has 0 aliphatic heterocycles. The second-order valence-electron chi connectivity index (χ2n) is 3.74. The van der Waals surface area contributed by atoms with Gasteiger partial charge in [0.1, 0.15) is 0 Å². The van der Waals surface area contributed by atoms with Crippen molar-refractivity contribution in [1.82, 2.24) is 0 Å².